The third-order valence-electron chi connectivity index (χ3n) is 4.16. The van der Waals surface area contributed by atoms with Crippen molar-refractivity contribution in [1.82, 2.24) is 0 Å². The summed E-state index contributed by atoms with van der Waals surface area (Å²) < 4.78 is 10.0. The average Bonchev–Trinajstić information content (AvgIpc) is 3.25. The first-order valence-corrected chi connectivity index (χ1v) is 9.25. The minimum atomic E-state index is -0.616. The largest absolute Gasteiger partial charge is 0.497 e. The van der Waals surface area contributed by atoms with E-state index in [0.717, 1.165) is 41.0 Å². The highest BCUT2D eigenvalue weighted by molar-refractivity contribution is 7.16. The Balaban J connectivity index is 1.51. The predicted octanol–water partition coefficient (Wildman–Crippen LogP) is 3.31. The number of hydrogen-bond donors (Lipinski definition) is 1. The Kier molecular flexibility index (Phi) is 5.89. The lowest BCUT2D eigenvalue weighted by Gasteiger charge is -2.04. The summed E-state index contributed by atoms with van der Waals surface area (Å²) in [6.07, 6.45) is 5.71. The molecule has 1 aromatic carbocycles. The van der Waals surface area contributed by atoms with Crippen molar-refractivity contribution in [2.24, 2.45) is 0 Å². The molecular weight excluding hydrogens is 364 g/mol. The number of anilines is 1. The van der Waals surface area contributed by atoms with Crippen molar-refractivity contribution >= 4 is 34.3 Å². The summed E-state index contributed by atoms with van der Waals surface area (Å²) in [5.41, 5.74) is 2.38. The molecule has 0 saturated heterocycles. The summed E-state index contributed by atoms with van der Waals surface area (Å²) in [4.78, 5) is 25.0. The van der Waals surface area contributed by atoms with E-state index in [0.29, 0.717) is 10.6 Å². The number of aryl methyl sites for hydroxylation is 1. The molecule has 0 saturated carbocycles. The smallest absolute Gasteiger partial charge is 0.331 e. The third-order valence-corrected chi connectivity index (χ3v) is 5.37. The second-order valence-corrected chi connectivity index (χ2v) is 7.04. The number of benzene rings is 1. The van der Waals surface area contributed by atoms with Gasteiger partial charge in [0.2, 0.25) is 0 Å². The molecule has 0 aliphatic heterocycles. The van der Waals surface area contributed by atoms with Gasteiger partial charge in [0, 0.05) is 11.0 Å². The lowest BCUT2D eigenvalue weighted by atomic mass is 10.1. The Hall–Kier alpha value is -3.11. The molecule has 7 heteroatoms. The number of fused-ring (bicyclic) bond motifs is 1. The van der Waals surface area contributed by atoms with Gasteiger partial charge in [0.25, 0.3) is 5.91 Å². The monoisotopic (exact) mass is 382 g/mol. The number of nitriles is 1. The van der Waals surface area contributed by atoms with Crippen LogP contribution in [-0.4, -0.2) is 25.6 Å². The van der Waals surface area contributed by atoms with Crippen LogP contribution in [0.4, 0.5) is 5.00 Å². The Morgan fingerprint density at radius 1 is 1.30 bits per heavy atom. The number of esters is 1. The van der Waals surface area contributed by atoms with Crippen molar-refractivity contribution in [2.45, 2.75) is 19.3 Å². The molecule has 6 nitrogen and oxygen atoms in total. The van der Waals surface area contributed by atoms with E-state index in [9.17, 15) is 14.9 Å². The van der Waals surface area contributed by atoms with Gasteiger partial charge in [-0.15, -0.1) is 11.3 Å². The Morgan fingerprint density at radius 3 is 2.78 bits per heavy atom. The fourth-order valence-electron chi connectivity index (χ4n) is 2.84. The highest BCUT2D eigenvalue weighted by Gasteiger charge is 2.23. The molecule has 1 amide bonds. The van der Waals surface area contributed by atoms with Gasteiger partial charge < -0.3 is 14.8 Å². The lowest BCUT2D eigenvalue weighted by molar-refractivity contribution is -0.142. The highest BCUT2D eigenvalue weighted by atomic mass is 32.1. The van der Waals surface area contributed by atoms with E-state index in [1.807, 2.05) is 0 Å². The number of ether oxygens (including phenoxy) is 2. The Morgan fingerprint density at radius 2 is 2.07 bits per heavy atom. The van der Waals surface area contributed by atoms with E-state index in [1.54, 1.807) is 37.5 Å². The van der Waals surface area contributed by atoms with Crippen LogP contribution < -0.4 is 10.1 Å². The normalized spacial score (nSPS) is 12.4. The highest BCUT2D eigenvalue weighted by Crippen LogP contribution is 2.38. The van der Waals surface area contributed by atoms with Crippen molar-refractivity contribution in [3.8, 4) is 11.8 Å². The van der Waals surface area contributed by atoms with Crippen LogP contribution in [0.2, 0.25) is 0 Å². The molecule has 1 heterocycles. The van der Waals surface area contributed by atoms with E-state index >= 15 is 0 Å². The summed E-state index contributed by atoms with van der Waals surface area (Å²) in [5, 5.41) is 12.5. The zero-order valence-electron chi connectivity index (χ0n) is 14.8. The van der Waals surface area contributed by atoms with E-state index in [-0.39, 0.29) is 0 Å². The molecule has 2 aromatic rings. The maximum Gasteiger partial charge on any atom is 0.331 e. The molecule has 0 atom stereocenters. The topological polar surface area (TPSA) is 88.4 Å². The predicted molar refractivity (Wildman–Crippen MR) is 103 cm³/mol. The van der Waals surface area contributed by atoms with Crippen LogP contribution in [-0.2, 0) is 27.2 Å². The summed E-state index contributed by atoms with van der Waals surface area (Å²) in [6.45, 7) is -0.404. The quantitative estimate of drug-likeness (QED) is 0.612. The van der Waals surface area contributed by atoms with Crippen LogP contribution in [0.15, 0.2) is 30.3 Å². The number of nitrogens with zero attached hydrogens (tertiary/aromatic N) is 1. The number of carbonyl (C=O) groups excluding carboxylic acids is 2. The first-order chi connectivity index (χ1) is 13.1. The molecule has 1 aromatic heterocycles. The molecule has 0 spiro atoms. The molecule has 1 N–H and O–H groups in total. The average molecular weight is 382 g/mol. The van der Waals surface area contributed by atoms with Gasteiger partial charge in [-0.1, -0.05) is 12.1 Å². The van der Waals surface area contributed by atoms with E-state index in [4.69, 9.17) is 9.47 Å². The van der Waals surface area contributed by atoms with Crippen LogP contribution in [0.1, 0.15) is 28.0 Å². The van der Waals surface area contributed by atoms with Crippen molar-refractivity contribution in [3.05, 3.63) is 51.9 Å². The number of amides is 1. The number of thiophene rings is 1. The third kappa shape index (κ3) is 4.54. The summed E-state index contributed by atoms with van der Waals surface area (Å²) in [7, 11) is 1.58. The first kappa shape index (κ1) is 18.7. The van der Waals surface area contributed by atoms with Gasteiger partial charge in [-0.3, -0.25) is 4.79 Å². The van der Waals surface area contributed by atoms with Crippen LogP contribution in [0.3, 0.4) is 0 Å². The molecule has 0 radical (unpaired) electrons. The van der Waals surface area contributed by atoms with Crippen LogP contribution in [0, 0.1) is 11.3 Å². The van der Waals surface area contributed by atoms with Gasteiger partial charge in [-0.2, -0.15) is 5.26 Å². The van der Waals surface area contributed by atoms with Gasteiger partial charge in [-0.05, 0) is 48.6 Å². The number of methoxy groups -OCH3 is 1. The minimum absolute atomic E-state index is 0.404. The molecule has 1 aliphatic carbocycles. The van der Waals surface area contributed by atoms with Gasteiger partial charge in [0.05, 0.1) is 12.7 Å². The van der Waals surface area contributed by atoms with Gasteiger partial charge in [0.15, 0.2) is 6.61 Å². The van der Waals surface area contributed by atoms with Gasteiger partial charge in [-0.25, -0.2) is 4.79 Å². The zero-order valence-corrected chi connectivity index (χ0v) is 15.6. The van der Waals surface area contributed by atoms with E-state index in [2.05, 4.69) is 11.4 Å². The fraction of sp³-hybridized carbons (Fsp3) is 0.250. The maximum atomic E-state index is 12.0. The van der Waals surface area contributed by atoms with Crippen molar-refractivity contribution in [1.29, 1.82) is 5.26 Å². The molecule has 27 heavy (non-hydrogen) atoms. The summed E-state index contributed by atoms with van der Waals surface area (Å²) in [5.74, 6) is -0.351. The second-order valence-electron chi connectivity index (χ2n) is 5.94. The van der Waals surface area contributed by atoms with Crippen LogP contribution in [0.5, 0.6) is 5.75 Å². The first-order valence-electron chi connectivity index (χ1n) is 8.44. The Labute approximate surface area is 161 Å². The number of nitrogens with one attached hydrogen (secondary N) is 1. The summed E-state index contributed by atoms with van der Waals surface area (Å²) >= 11 is 1.43. The minimum Gasteiger partial charge on any atom is -0.497 e. The fourth-order valence-corrected chi connectivity index (χ4v) is 4.09. The molecule has 0 bridgehead atoms. The molecule has 138 valence electrons. The molecule has 1 aliphatic rings. The van der Waals surface area contributed by atoms with Crippen molar-refractivity contribution in [2.75, 3.05) is 19.0 Å². The van der Waals surface area contributed by atoms with Gasteiger partial charge >= 0.3 is 5.97 Å². The molecule has 0 fully saturated rings. The number of carbonyl (C=O) groups is 2. The van der Waals surface area contributed by atoms with Crippen LogP contribution >= 0.6 is 11.3 Å². The van der Waals surface area contributed by atoms with Crippen molar-refractivity contribution in [3.63, 3.8) is 0 Å². The van der Waals surface area contributed by atoms with Gasteiger partial charge in [0.1, 0.15) is 16.8 Å². The summed E-state index contributed by atoms with van der Waals surface area (Å²) in [6, 6.07) is 9.32. The number of hydrogen-bond acceptors (Lipinski definition) is 6. The SMILES string of the molecule is COc1ccc(/C=C/C(=O)OCC(=O)Nc2sc3c(c2C#N)CCC3)cc1. The molecule has 3 rings (SSSR count). The second kappa shape index (κ2) is 8.52. The number of rotatable bonds is 6. The molecule has 0 unspecified atom stereocenters. The standard InChI is InChI=1S/C20H18N2O4S/c1-25-14-8-5-13(6-9-14)7-10-19(24)26-12-18(23)22-20-16(11-21)15-3-2-4-17(15)27-20/h5-10H,2-4,12H2,1H3,(H,22,23)/b10-7+. The van der Waals surface area contributed by atoms with Crippen LogP contribution in [0.25, 0.3) is 6.08 Å². The van der Waals surface area contributed by atoms with E-state index < -0.39 is 18.5 Å². The zero-order chi connectivity index (χ0) is 19.2. The van der Waals surface area contributed by atoms with Crippen molar-refractivity contribution < 1.29 is 19.1 Å². The lowest BCUT2D eigenvalue weighted by Crippen LogP contribution is -2.20. The van der Waals surface area contributed by atoms with E-state index in [1.165, 1.54) is 17.4 Å². The Bertz CT molecular complexity index is 923. The molecular formula is C20H18N2O4S. The maximum absolute atomic E-state index is 12.0.